The summed E-state index contributed by atoms with van der Waals surface area (Å²) in [5.41, 5.74) is 4.19. The molecule has 0 radical (unpaired) electrons. The maximum atomic E-state index is 13.2. The second-order valence-corrected chi connectivity index (χ2v) is 7.95. The van der Waals surface area contributed by atoms with Crippen LogP contribution in [0.3, 0.4) is 0 Å². The lowest BCUT2D eigenvalue weighted by molar-refractivity contribution is -0.134. The lowest BCUT2D eigenvalue weighted by Gasteiger charge is -2.29. The number of piperidine rings is 1. The quantitative estimate of drug-likeness (QED) is 0.769. The Kier molecular flexibility index (Phi) is 5.95. The Hall–Kier alpha value is -2.66. The van der Waals surface area contributed by atoms with Crippen LogP contribution in [0.4, 0.5) is 0 Å². The fraction of sp³-hybridized carbons (Fsp3) is 0.417. The summed E-state index contributed by atoms with van der Waals surface area (Å²) in [6, 6.07) is 16.2. The van der Waals surface area contributed by atoms with E-state index in [1.807, 2.05) is 24.3 Å². The Morgan fingerprint density at radius 1 is 1.07 bits per heavy atom. The fourth-order valence-corrected chi connectivity index (χ4v) is 4.22. The third-order valence-corrected chi connectivity index (χ3v) is 5.85. The van der Waals surface area contributed by atoms with Gasteiger partial charge in [0.1, 0.15) is 5.75 Å². The number of hydrazone groups is 1. The standard InChI is InChI=1S/C24H29N3O2/c1-18-10-12-19(13-11-18)22-16-21(20-8-4-5-9-23(20)29-2)25-27(22)24(28)17-26-14-6-3-7-15-26/h4-5,8-13,22H,3,6-7,14-17H2,1-2H3. The van der Waals surface area contributed by atoms with E-state index in [2.05, 4.69) is 36.1 Å². The predicted molar refractivity (Wildman–Crippen MR) is 115 cm³/mol. The van der Waals surface area contributed by atoms with Crippen LogP contribution in [0.1, 0.15) is 48.4 Å². The number of hydrogen-bond donors (Lipinski definition) is 0. The number of para-hydroxylation sites is 1. The largest absolute Gasteiger partial charge is 0.496 e. The van der Waals surface area contributed by atoms with E-state index in [0.717, 1.165) is 35.7 Å². The third kappa shape index (κ3) is 4.35. The first-order valence-corrected chi connectivity index (χ1v) is 10.5. The number of methoxy groups -OCH3 is 1. The molecule has 5 heteroatoms. The van der Waals surface area contributed by atoms with Gasteiger partial charge in [-0.1, -0.05) is 48.4 Å². The van der Waals surface area contributed by atoms with Crippen molar-refractivity contribution in [3.8, 4) is 5.75 Å². The molecule has 2 aliphatic rings. The van der Waals surface area contributed by atoms with Crippen molar-refractivity contribution in [2.24, 2.45) is 5.10 Å². The van der Waals surface area contributed by atoms with Crippen LogP contribution in [0.25, 0.3) is 0 Å². The van der Waals surface area contributed by atoms with Gasteiger partial charge in [-0.15, -0.1) is 0 Å². The van der Waals surface area contributed by atoms with Gasteiger partial charge in [0, 0.05) is 12.0 Å². The molecular formula is C24H29N3O2. The zero-order valence-corrected chi connectivity index (χ0v) is 17.3. The molecule has 2 aromatic carbocycles. The third-order valence-electron chi connectivity index (χ3n) is 5.85. The number of hydrogen-bond acceptors (Lipinski definition) is 4. The number of nitrogens with zero attached hydrogens (tertiary/aromatic N) is 3. The first kappa shape index (κ1) is 19.6. The molecule has 2 heterocycles. The van der Waals surface area contributed by atoms with Crippen LogP contribution < -0.4 is 4.74 Å². The summed E-state index contributed by atoms with van der Waals surface area (Å²) in [7, 11) is 1.67. The fourth-order valence-electron chi connectivity index (χ4n) is 4.22. The second kappa shape index (κ2) is 8.78. The first-order chi connectivity index (χ1) is 14.2. The molecule has 1 fully saturated rings. The minimum atomic E-state index is -0.0761. The minimum absolute atomic E-state index is 0.0716. The highest BCUT2D eigenvalue weighted by Crippen LogP contribution is 2.35. The summed E-state index contributed by atoms with van der Waals surface area (Å²) >= 11 is 0. The number of benzene rings is 2. The Morgan fingerprint density at radius 2 is 1.79 bits per heavy atom. The summed E-state index contributed by atoms with van der Waals surface area (Å²) in [4.78, 5) is 15.5. The molecule has 1 unspecified atom stereocenters. The van der Waals surface area contributed by atoms with E-state index >= 15 is 0 Å². The molecule has 1 amide bonds. The molecule has 1 saturated heterocycles. The molecule has 5 nitrogen and oxygen atoms in total. The van der Waals surface area contributed by atoms with E-state index < -0.39 is 0 Å². The van der Waals surface area contributed by atoms with Crippen molar-refractivity contribution in [1.82, 2.24) is 9.91 Å². The molecular weight excluding hydrogens is 362 g/mol. The van der Waals surface area contributed by atoms with Crippen LogP contribution in [0, 0.1) is 6.92 Å². The molecule has 1 atom stereocenters. The van der Waals surface area contributed by atoms with Crippen LogP contribution in [0.2, 0.25) is 0 Å². The smallest absolute Gasteiger partial charge is 0.257 e. The highest BCUT2D eigenvalue weighted by Gasteiger charge is 2.34. The topological polar surface area (TPSA) is 45.1 Å². The number of ether oxygens (including phenoxy) is 1. The number of carbonyl (C=O) groups is 1. The zero-order valence-electron chi connectivity index (χ0n) is 17.3. The second-order valence-electron chi connectivity index (χ2n) is 7.95. The summed E-state index contributed by atoms with van der Waals surface area (Å²) < 4.78 is 5.54. The Morgan fingerprint density at radius 3 is 2.52 bits per heavy atom. The van der Waals surface area contributed by atoms with E-state index in [4.69, 9.17) is 9.84 Å². The molecule has 2 aromatic rings. The Bertz CT molecular complexity index is 885. The molecule has 152 valence electrons. The molecule has 4 rings (SSSR count). The van der Waals surface area contributed by atoms with Crippen LogP contribution in [-0.4, -0.2) is 48.3 Å². The summed E-state index contributed by atoms with van der Waals surface area (Å²) in [5.74, 6) is 0.863. The van der Waals surface area contributed by atoms with Gasteiger partial charge in [-0.3, -0.25) is 9.69 Å². The van der Waals surface area contributed by atoms with Crippen molar-refractivity contribution in [2.75, 3.05) is 26.7 Å². The van der Waals surface area contributed by atoms with Crippen LogP contribution >= 0.6 is 0 Å². The predicted octanol–water partition coefficient (Wildman–Crippen LogP) is 4.17. The van der Waals surface area contributed by atoms with Gasteiger partial charge >= 0.3 is 0 Å². The van der Waals surface area contributed by atoms with Gasteiger partial charge < -0.3 is 4.74 Å². The lowest BCUT2D eigenvalue weighted by Crippen LogP contribution is -2.40. The van der Waals surface area contributed by atoms with Crippen molar-refractivity contribution in [1.29, 1.82) is 0 Å². The van der Waals surface area contributed by atoms with E-state index in [9.17, 15) is 4.79 Å². The molecule has 0 spiro atoms. The lowest BCUT2D eigenvalue weighted by atomic mass is 9.97. The van der Waals surface area contributed by atoms with Crippen molar-refractivity contribution < 1.29 is 9.53 Å². The Balaban J connectivity index is 1.63. The monoisotopic (exact) mass is 391 g/mol. The zero-order chi connectivity index (χ0) is 20.2. The van der Waals surface area contributed by atoms with Gasteiger partial charge in [0.2, 0.25) is 0 Å². The van der Waals surface area contributed by atoms with Crippen molar-refractivity contribution in [2.45, 2.75) is 38.6 Å². The van der Waals surface area contributed by atoms with Crippen LogP contribution in [0.5, 0.6) is 5.75 Å². The average molecular weight is 392 g/mol. The van der Waals surface area contributed by atoms with Crippen molar-refractivity contribution in [3.63, 3.8) is 0 Å². The normalized spacial score (nSPS) is 19.9. The van der Waals surface area contributed by atoms with Crippen LogP contribution in [-0.2, 0) is 4.79 Å². The average Bonchev–Trinajstić information content (AvgIpc) is 3.20. The van der Waals surface area contributed by atoms with E-state index in [-0.39, 0.29) is 11.9 Å². The first-order valence-electron chi connectivity index (χ1n) is 10.5. The van der Waals surface area contributed by atoms with Gasteiger partial charge in [-0.25, -0.2) is 5.01 Å². The molecule has 0 aromatic heterocycles. The van der Waals surface area contributed by atoms with Gasteiger partial charge in [0.15, 0.2) is 0 Å². The van der Waals surface area contributed by atoms with Crippen molar-refractivity contribution >= 4 is 11.6 Å². The van der Waals surface area contributed by atoms with Gasteiger partial charge in [0.05, 0.1) is 25.4 Å². The molecule has 0 N–H and O–H groups in total. The number of carbonyl (C=O) groups excluding carboxylic acids is 1. The summed E-state index contributed by atoms with van der Waals surface area (Å²) in [5, 5.41) is 6.52. The van der Waals surface area contributed by atoms with Gasteiger partial charge in [-0.2, -0.15) is 5.10 Å². The van der Waals surface area contributed by atoms with E-state index in [1.54, 1.807) is 12.1 Å². The maximum Gasteiger partial charge on any atom is 0.257 e. The molecule has 29 heavy (non-hydrogen) atoms. The van der Waals surface area contributed by atoms with Gasteiger partial charge in [-0.05, 0) is 50.6 Å². The SMILES string of the molecule is COc1ccccc1C1=NN(C(=O)CN2CCCCC2)C(c2ccc(C)cc2)C1. The summed E-state index contributed by atoms with van der Waals surface area (Å²) in [6.07, 6.45) is 4.29. The van der Waals surface area contributed by atoms with Crippen molar-refractivity contribution in [3.05, 3.63) is 65.2 Å². The number of aryl methyl sites for hydroxylation is 1. The van der Waals surface area contributed by atoms with Gasteiger partial charge in [0.25, 0.3) is 5.91 Å². The van der Waals surface area contributed by atoms with Crippen LogP contribution in [0.15, 0.2) is 53.6 Å². The highest BCUT2D eigenvalue weighted by atomic mass is 16.5. The number of likely N-dealkylation sites (tertiary alicyclic amines) is 1. The maximum absolute atomic E-state index is 13.2. The van der Waals surface area contributed by atoms with E-state index in [0.29, 0.717) is 13.0 Å². The van der Waals surface area contributed by atoms with E-state index in [1.165, 1.54) is 24.8 Å². The number of rotatable bonds is 5. The summed E-state index contributed by atoms with van der Waals surface area (Å²) in [6.45, 7) is 4.51. The highest BCUT2D eigenvalue weighted by molar-refractivity contribution is 6.05. The number of amides is 1. The molecule has 0 bridgehead atoms. The molecule has 2 aliphatic heterocycles. The minimum Gasteiger partial charge on any atom is -0.496 e. The Labute approximate surface area is 173 Å². The molecule has 0 saturated carbocycles. The molecule has 0 aliphatic carbocycles.